The van der Waals surface area contributed by atoms with Gasteiger partial charge in [0.15, 0.2) is 0 Å². The van der Waals surface area contributed by atoms with Gasteiger partial charge in [-0.05, 0) is 17.5 Å². The van der Waals surface area contributed by atoms with Crippen molar-refractivity contribution in [2.45, 2.75) is 6.42 Å². The van der Waals surface area contributed by atoms with Gasteiger partial charge in [-0.1, -0.05) is 0 Å². The van der Waals surface area contributed by atoms with Crippen LogP contribution in [0.1, 0.15) is 6.42 Å². The Morgan fingerprint density at radius 3 is 2.90 bits per heavy atom. The molecule has 0 aliphatic carbocycles. The summed E-state index contributed by atoms with van der Waals surface area (Å²) in [6.45, 7) is 0.818. The number of rotatable bonds is 5. The van der Waals surface area contributed by atoms with Crippen molar-refractivity contribution in [2.24, 2.45) is 5.92 Å². The second-order valence-corrected chi connectivity index (χ2v) is 5.38. The van der Waals surface area contributed by atoms with Crippen LogP contribution in [0.3, 0.4) is 0 Å². The number of amides is 3. The molecule has 3 amide bonds. The summed E-state index contributed by atoms with van der Waals surface area (Å²) >= 11 is 1.41. The van der Waals surface area contributed by atoms with Gasteiger partial charge in [0, 0.05) is 26.1 Å². The smallest absolute Gasteiger partial charge is 0.319 e. The highest BCUT2D eigenvalue weighted by Gasteiger charge is 2.33. The summed E-state index contributed by atoms with van der Waals surface area (Å²) in [5, 5.41) is 16.7. The van der Waals surface area contributed by atoms with Crippen LogP contribution < -0.4 is 10.6 Å². The van der Waals surface area contributed by atoms with Gasteiger partial charge in [0.2, 0.25) is 5.91 Å². The molecule has 0 spiro atoms. The maximum atomic E-state index is 11.6. The fraction of sp³-hybridized carbons (Fsp3) is 0.417. The Bertz CT molecular complexity index is 503. The van der Waals surface area contributed by atoms with E-state index >= 15 is 0 Å². The van der Waals surface area contributed by atoms with Gasteiger partial charge in [0.25, 0.3) is 0 Å². The minimum Gasteiger partial charge on any atom is -0.481 e. The van der Waals surface area contributed by atoms with E-state index in [0.717, 1.165) is 5.00 Å². The Kier molecular flexibility index (Phi) is 4.57. The summed E-state index contributed by atoms with van der Waals surface area (Å²) in [6, 6.07) is 3.27. The van der Waals surface area contributed by atoms with E-state index in [1.807, 2.05) is 11.4 Å². The molecule has 1 atom stereocenters. The summed E-state index contributed by atoms with van der Waals surface area (Å²) < 4.78 is 0. The van der Waals surface area contributed by atoms with Gasteiger partial charge in [-0.25, -0.2) is 4.79 Å². The minimum atomic E-state index is -0.954. The molecule has 20 heavy (non-hydrogen) atoms. The monoisotopic (exact) mass is 297 g/mol. The van der Waals surface area contributed by atoms with Crippen LogP contribution in [-0.2, 0) is 9.59 Å². The summed E-state index contributed by atoms with van der Waals surface area (Å²) in [7, 11) is 0. The molecule has 2 rings (SSSR count). The van der Waals surface area contributed by atoms with Crippen molar-refractivity contribution < 1.29 is 19.5 Å². The highest BCUT2D eigenvalue weighted by atomic mass is 32.1. The van der Waals surface area contributed by atoms with Crippen LogP contribution in [0, 0.1) is 5.92 Å². The summed E-state index contributed by atoms with van der Waals surface area (Å²) in [4.78, 5) is 35.3. The van der Waals surface area contributed by atoms with Crippen molar-refractivity contribution in [3.63, 3.8) is 0 Å². The molecule has 1 aromatic heterocycles. The Labute approximate surface area is 119 Å². The summed E-state index contributed by atoms with van der Waals surface area (Å²) in [6.07, 6.45) is 0.0384. The molecule has 1 fully saturated rings. The zero-order valence-electron chi connectivity index (χ0n) is 10.7. The van der Waals surface area contributed by atoms with E-state index in [0.29, 0.717) is 6.54 Å². The van der Waals surface area contributed by atoms with Crippen molar-refractivity contribution in [3.05, 3.63) is 17.5 Å². The zero-order chi connectivity index (χ0) is 14.5. The van der Waals surface area contributed by atoms with Gasteiger partial charge in [-0.15, -0.1) is 11.3 Å². The van der Waals surface area contributed by atoms with E-state index in [1.165, 1.54) is 16.2 Å². The fourth-order valence-corrected chi connectivity index (χ4v) is 2.58. The lowest BCUT2D eigenvalue weighted by molar-refractivity contribution is -0.141. The molecule has 0 saturated carbocycles. The lowest BCUT2D eigenvalue weighted by atomic mass is 10.1. The minimum absolute atomic E-state index is 0.0384. The van der Waals surface area contributed by atoms with Crippen molar-refractivity contribution in [1.82, 2.24) is 10.2 Å². The fourth-order valence-electron chi connectivity index (χ4n) is 1.96. The normalized spacial score (nSPS) is 18.1. The maximum Gasteiger partial charge on any atom is 0.319 e. The molecular formula is C12H15N3O4S. The number of nitrogens with zero attached hydrogens (tertiary/aromatic N) is 1. The van der Waals surface area contributed by atoms with E-state index in [9.17, 15) is 14.4 Å². The third kappa shape index (κ3) is 3.70. The largest absolute Gasteiger partial charge is 0.481 e. The Morgan fingerprint density at radius 2 is 2.30 bits per heavy atom. The first-order valence-electron chi connectivity index (χ1n) is 6.15. The van der Waals surface area contributed by atoms with E-state index in [2.05, 4.69) is 10.6 Å². The molecule has 0 radical (unpaired) electrons. The average molecular weight is 297 g/mol. The molecule has 0 aromatic carbocycles. The Hall–Kier alpha value is -2.09. The first kappa shape index (κ1) is 14.3. The zero-order valence-corrected chi connectivity index (χ0v) is 11.5. The maximum absolute atomic E-state index is 11.6. The Balaban J connectivity index is 1.69. The summed E-state index contributed by atoms with van der Waals surface area (Å²) in [5.74, 6) is -1.77. The first-order valence-corrected chi connectivity index (χ1v) is 7.03. The van der Waals surface area contributed by atoms with Crippen LogP contribution in [0.2, 0.25) is 0 Å². The topological polar surface area (TPSA) is 98.7 Å². The van der Waals surface area contributed by atoms with Crippen LogP contribution in [0.25, 0.3) is 0 Å². The SMILES string of the molecule is O=C(NCCN1CC(C(=O)O)CC1=O)Nc1cccs1. The quantitative estimate of drug-likeness (QED) is 0.748. The number of carbonyl (C=O) groups excluding carboxylic acids is 2. The number of aliphatic carboxylic acids is 1. The third-order valence-electron chi connectivity index (χ3n) is 2.99. The van der Waals surface area contributed by atoms with Gasteiger partial charge >= 0.3 is 12.0 Å². The van der Waals surface area contributed by atoms with E-state index in [-0.39, 0.29) is 31.4 Å². The molecule has 0 bridgehead atoms. The molecule has 8 heteroatoms. The number of urea groups is 1. The number of carboxylic acid groups (broad SMARTS) is 1. The van der Waals surface area contributed by atoms with Crippen LogP contribution in [-0.4, -0.2) is 47.5 Å². The number of carboxylic acids is 1. The highest BCUT2D eigenvalue weighted by molar-refractivity contribution is 7.14. The number of hydrogen-bond acceptors (Lipinski definition) is 4. The van der Waals surface area contributed by atoms with Gasteiger partial charge < -0.3 is 15.3 Å². The van der Waals surface area contributed by atoms with Gasteiger partial charge in [-0.3, -0.25) is 14.9 Å². The molecule has 7 nitrogen and oxygen atoms in total. The molecule has 1 saturated heterocycles. The lowest BCUT2D eigenvalue weighted by Crippen LogP contribution is -2.37. The highest BCUT2D eigenvalue weighted by Crippen LogP contribution is 2.17. The van der Waals surface area contributed by atoms with Gasteiger partial charge in [0.05, 0.1) is 10.9 Å². The van der Waals surface area contributed by atoms with E-state index in [4.69, 9.17) is 5.11 Å². The predicted molar refractivity (Wildman–Crippen MR) is 73.7 cm³/mol. The standard InChI is InChI=1S/C12H15N3O4S/c16-10-6-8(11(17)18)7-15(10)4-3-13-12(19)14-9-2-1-5-20-9/h1-2,5,8H,3-4,6-7H2,(H,17,18)(H2,13,14,19). The lowest BCUT2D eigenvalue weighted by Gasteiger charge is -2.16. The third-order valence-corrected chi connectivity index (χ3v) is 3.77. The van der Waals surface area contributed by atoms with Crippen LogP contribution >= 0.6 is 11.3 Å². The number of thiophene rings is 1. The van der Waals surface area contributed by atoms with Gasteiger partial charge in [0.1, 0.15) is 0 Å². The average Bonchev–Trinajstić information content (AvgIpc) is 3.00. The molecule has 2 heterocycles. The van der Waals surface area contributed by atoms with Crippen molar-refractivity contribution in [2.75, 3.05) is 25.0 Å². The molecule has 1 aliphatic rings. The van der Waals surface area contributed by atoms with Crippen molar-refractivity contribution in [3.8, 4) is 0 Å². The van der Waals surface area contributed by atoms with Crippen LogP contribution in [0.15, 0.2) is 17.5 Å². The Morgan fingerprint density at radius 1 is 1.50 bits per heavy atom. The first-order chi connectivity index (χ1) is 9.56. The van der Waals surface area contributed by atoms with Crippen molar-refractivity contribution >= 4 is 34.2 Å². The molecule has 108 valence electrons. The molecule has 1 aliphatic heterocycles. The molecule has 1 aromatic rings. The van der Waals surface area contributed by atoms with Crippen LogP contribution in [0.4, 0.5) is 9.80 Å². The van der Waals surface area contributed by atoms with Crippen molar-refractivity contribution in [1.29, 1.82) is 0 Å². The van der Waals surface area contributed by atoms with E-state index in [1.54, 1.807) is 6.07 Å². The van der Waals surface area contributed by atoms with Gasteiger partial charge in [-0.2, -0.15) is 0 Å². The number of hydrogen-bond donors (Lipinski definition) is 3. The number of anilines is 1. The molecular weight excluding hydrogens is 282 g/mol. The molecule has 1 unspecified atom stereocenters. The van der Waals surface area contributed by atoms with Crippen LogP contribution in [0.5, 0.6) is 0 Å². The number of carbonyl (C=O) groups is 3. The molecule has 3 N–H and O–H groups in total. The summed E-state index contributed by atoms with van der Waals surface area (Å²) in [5.41, 5.74) is 0. The second kappa shape index (κ2) is 6.38. The predicted octanol–water partition coefficient (Wildman–Crippen LogP) is 0.803. The second-order valence-electron chi connectivity index (χ2n) is 4.44. The number of nitrogens with one attached hydrogen (secondary N) is 2. The van der Waals surface area contributed by atoms with E-state index < -0.39 is 11.9 Å². The number of likely N-dealkylation sites (tertiary alicyclic amines) is 1.